The highest BCUT2D eigenvalue weighted by atomic mass is 16.3. The Morgan fingerprint density at radius 2 is 1.90 bits per heavy atom. The summed E-state index contributed by atoms with van der Waals surface area (Å²) in [4.78, 5) is 0. The van der Waals surface area contributed by atoms with E-state index >= 15 is 0 Å². The van der Waals surface area contributed by atoms with Gasteiger partial charge in [0.1, 0.15) is 0 Å². The number of hydrogen-bond donors (Lipinski definition) is 2. The zero-order valence-electron chi connectivity index (χ0n) is 12.5. The third-order valence-electron chi connectivity index (χ3n) is 3.67. The number of aromatic nitrogens is 2. The Labute approximate surface area is 120 Å². The summed E-state index contributed by atoms with van der Waals surface area (Å²) >= 11 is 0. The Morgan fingerprint density at radius 1 is 1.20 bits per heavy atom. The number of aliphatic hydroxyl groups excluding tert-OH is 1. The zero-order valence-corrected chi connectivity index (χ0v) is 12.5. The van der Waals surface area contributed by atoms with Gasteiger partial charge in [0.2, 0.25) is 0 Å². The number of aliphatic hydroxyl groups is 1. The second-order valence-corrected chi connectivity index (χ2v) is 5.00. The van der Waals surface area contributed by atoms with E-state index in [4.69, 9.17) is 5.11 Å². The molecule has 0 saturated heterocycles. The summed E-state index contributed by atoms with van der Waals surface area (Å²) in [6.45, 7) is 7.65. The summed E-state index contributed by atoms with van der Waals surface area (Å²) in [6, 6.07) is 8.53. The lowest BCUT2D eigenvalue weighted by atomic mass is 10.1. The Balaban J connectivity index is 2.06. The van der Waals surface area contributed by atoms with Crippen LogP contribution in [0, 0.1) is 13.8 Å². The van der Waals surface area contributed by atoms with E-state index in [9.17, 15) is 0 Å². The summed E-state index contributed by atoms with van der Waals surface area (Å²) in [7, 11) is 0. The Bertz CT molecular complexity index is 558. The Hall–Kier alpha value is -1.81. The van der Waals surface area contributed by atoms with Crippen LogP contribution in [0.2, 0.25) is 0 Å². The van der Waals surface area contributed by atoms with Gasteiger partial charge in [-0.3, -0.25) is 4.68 Å². The molecule has 0 radical (unpaired) electrons. The van der Waals surface area contributed by atoms with Crippen LogP contribution >= 0.6 is 0 Å². The monoisotopic (exact) mass is 273 g/mol. The van der Waals surface area contributed by atoms with Gasteiger partial charge in [0, 0.05) is 23.5 Å². The van der Waals surface area contributed by atoms with Crippen LogP contribution in [0.4, 0.5) is 5.69 Å². The number of hydrogen-bond acceptors (Lipinski definition) is 3. The molecule has 2 rings (SSSR count). The van der Waals surface area contributed by atoms with E-state index < -0.39 is 0 Å². The first-order chi connectivity index (χ1) is 9.65. The number of benzene rings is 1. The molecule has 0 bridgehead atoms. The van der Waals surface area contributed by atoms with E-state index in [1.54, 1.807) is 0 Å². The minimum absolute atomic E-state index is 0.118. The molecule has 2 N–H and O–H groups in total. The SMILES string of the molecule is CCc1ccc(NCc2c(C)nn(CCO)c2C)cc1. The molecule has 0 aliphatic rings. The van der Waals surface area contributed by atoms with Crippen LogP contribution in [0.5, 0.6) is 0 Å². The van der Waals surface area contributed by atoms with Crippen LogP contribution in [0.15, 0.2) is 24.3 Å². The lowest BCUT2D eigenvalue weighted by Gasteiger charge is -2.08. The molecule has 0 atom stereocenters. The molecule has 1 heterocycles. The van der Waals surface area contributed by atoms with Crippen molar-refractivity contribution in [2.24, 2.45) is 0 Å². The molecular formula is C16H23N3O. The third-order valence-corrected chi connectivity index (χ3v) is 3.67. The van der Waals surface area contributed by atoms with Crippen molar-refractivity contribution in [3.8, 4) is 0 Å². The standard InChI is InChI=1S/C16H23N3O/c1-4-14-5-7-15(8-6-14)17-11-16-12(2)18-19(9-10-20)13(16)3/h5-8,17,20H,4,9-11H2,1-3H3. The number of nitrogens with zero attached hydrogens (tertiary/aromatic N) is 2. The molecule has 0 aliphatic heterocycles. The summed E-state index contributed by atoms with van der Waals surface area (Å²) in [5.41, 5.74) is 5.82. The first-order valence-corrected chi connectivity index (χ1v) is 7.12. The second kappa shape index (κ2) is 6.57. The summed E-state index contributed by atoms with van der Waals surface area (Å²) in [5, 5.41) is 16.9. The lowest BCUT2D eigenvalue weighted by Crippen LogP contribution is -2.07. The normalized spacial score (nSPS) is 10.8. The van der Waals surface area contributed by atoms with Crippen LogP contribution < -0.4 is 5.32 Å². The molecule has 0 fully saturated rings. The molecule has 1 aromatic heterocycles. The largest absolute Gasteiger partial charge is 0.394 e. The molecule has 20 heavy (non-hydrogen) atoms. The van der Waals surface area contributed by atoms with Crippen molar-refractivity contribution in [3.05, 3.63) is 46.8 Å². The zero-order chi connectivity index (χ0) is 14.5. The van der Waals surface area contributed by atoms with Crippen LogP contribution in [0.3, 0.4) is 0 Å². The van der Waals surface area contributed by atoms with Crippen LogP contribution in [-0.2, 0) is 19.5 Å². The predicted octanol–water partition coefficient (Wildman–Crippen LogP) is 2.67. The smallest absolute Gasteiger partial charge is 0.0646 e. The van der Waals surface area contributed by atoms with Crippen molar-refractivity contribution in [3.63, 3.8) is 0 Å². The average molecular weight is 273 g/mol. The average Bonchev–Trinajstić information content (AvgIpc) is 2.72. The fraction of sp³-hybridized carbons (Fsp3) is 0.438. The highest BCUT2D eigenvalue weighted by Gasteiger charge is 2.10. The topological polar surface area (TPSA) is 50.1 Å². The van der Waals surface area contributed by atoms with Gasteiger partial charge in [0.25, 0.3) is 0 Å². The molecule has 0 unspecified atom stereocenters. The number of aryl methyl sites for hydroxylation is 2. The van der Waals surface area contributed by atoms with E-state index in [1.807, 2.05) is 18.5 Å². The van der Waals surface area contributed by atoms with E-state index in [0.717, 1.165) is 30.0 Å². The van der Waals surface area contributed by atoms with Gasteiger partial charge in [-0.05, 0) is 38.0 Å². The Kier molecular flexibility index (Phi) is 4.79. The second-order valence-electron chi connectivity index (χ2n) is 5.00. The maximum atomic E-state index is 9.03. The molecule has 0 spiro atoms. The van der Waals surface area contributed by atoms with Gasteiger partial charge >= 0.3 is 0 Å². The van der Waals surface area contributed by atoms with Gasteiger partial charge in [0.15, 0.2) is 0 Å². The van der Waals surface area contributed by atoms with E-state index in [2.05, 4.69) is 41.6 Å². The molecule has 108 valence electrons. The van der Waals surface area contributed by atoms with Gasteiger partial charge in [0.05, 0.1) is 18.8 Å². The number of anilines is 1. The first-order valence-electron chi connectivity index (χ1n) is 7.12. The molecule has 1 aromatic carbocycles. The van der Waals surface area contributed by atoms with Gasteiger partial charge in [-0.15, -0.1) is 0 Å². The quantitative estimate of drug-likeness (QED) is 0.850. The molecule has 0 aliphatic carbocycles. The van der Waals surface area contributed by atoms with Crippen molar-refractivity contribution in [1.82, 2.24) is 9.78 Å². The van der Waals surface area contributed by atoms with E-state index in [-0.39, 0.29) is 6.61 Å². The van der Waals surface area contributed by atoms with Gasteiger partial charge in [-0.25, -0.2) is 0 Å². The van der Waals surface area contributed by atoms with Gasteiger partial charge in [-0.2, -0.15) is 5.10 Å². The molecule has 2 aromatic rings. The maximum absolute atomic E-state index is 9.03. The van der Waals surface area contributed by atoms with Gasteiger partial charge < -0.3 is 10.4 Å². The minimum Gasteiger partial charge on any atom is -0.394 e. The molecule has 0 amide bonds. The maximum Gasteiger partial charge on any atom is 0.0646 e. The van der Waals surface area contributed by atoms with E-state index in [1.165, 1.54) is 11.1 Å². The van der Waals surface area contributed by atoms with Gasteiger partial charge in [-0.1, -0.05) is 19.1 Å². The summed E-state index contributed by atoms with van der Waals surface area (Å²) < 4.78 is 1.87. The lowest BCUT2D eigenvalue weighted by molar-refractivity contribution is 0.268. The number of rotatable bonds is 6. The molecule has 4 nitrogen and oxygen atoms in total. The first kappa shape index (κ1) is 14.6. The number of nitrogens with one attached hydrogen (secondary N) is 1. The molecule has 4 heteroatoms. The fourth-order valence-corrected chi connectivity index (χ4v) is 2.35. The minimum atomic E-state index is 0.118. The molecular weight excluding hydrogens is 250 g/mol. The highest BCUT2D eigenvalue weighted by molar-refractivity contribution is 5.45. The molecule has 0 saturated carbocycles. The van der Waals surface area contributed by atoms with Crippen LogP contribution in [0.1, 0.15) is 29.4 Å². The van der Waals surface area contributed by atoms with Crippen LogP contribution in [0.25, 0.3) is 0 Å². The Morgan fingerprint density at radius 3 is 2.50 bits per heavy atom. The summed E-state index contributed by atoms with van der Waals surface area (Å²) in [5.74, 6) is 0. The third kappa shape index (κ3) is 3.20. The van der Waals surface area contributed by atoms with Crippen molar-refractivity contribution < 1.29 is 5.11 Å². The van der Waals surface area contributed by atoms with E-state index in [0.29, 0.717) is 6.54 Å². The van der Waals surface area contributed by atoms with Crippen molar-refractivity contribution >= 4 is 5.69 Å². The van der Waals surface area contributed by atoms with Crippen LogP contribution in [-0.4, -0.2) is 21.5 Å². The highest BCUT2D eigenvalue weighted by Crippen LogP contribution is 2.16. The predicted molar refractivity (Wildman–Crippen MR) is 81.9 cm³/mol. The van der Waals surface area contributed by atoms with Crippen molar-refractivity contribution in [2.45, 2.75) is 40.3 Å². The van der Waals surface area contributed by atoms with Crippen molar-refractivity contribution in [1.29, 1.82) is 0 Å². The summed E-state index contributed by atoms with van der Waals surface area (Å²) in [6.07, 6.45) is 1.06. The van der Waals surface area contributed by atoms with Crippen molar-refractivity contribution in [2.75, 3.05) is 11.9 Å². The fourth-order valence-electron chi connectivity index (χ4n) is 2.35.